The number of hydrogen-bond donors (Lipinski definition) is 1. The molecule has 24 heavy (non-hydrogen) atoms. The molecule has 0 amide bonds. The van der Waals surface area contributed by atoms with Gasteiger partial charge >= 0.3 is 0 Å². The molecule has 2 bridgehead atoms. The van der Waals surface area contributed by atoms with Gasteiger partial charge in [-0.25, -0.2) is 0 Å². The van der Waals surface area contributed by atoms with E-state index in [1.165, 1.54) is 37.1 Å². The van der Waals surface area contributed by atoms with E-state index in [1.807, 2.05) is 0 Å². The van der Waals surface area contributed by atoms with Crippen molar-refractivity contribution < 1.29 is 5.11 Å². The largest absolute Gasteiger partial charge is 0.380 e. The Morgan fingerprint density at radius 1 is 0.917 bits per heavy atom. The average molecular weight is 321 g/mol. The van der Waals surface area contributed by atoms with Gasteiger partial charge in [-0.3, -0.25) is 0 Å². The number of benzene rings is 2. The molecule has 3 saturated heterocycles. The molecule has 3 fully saturated rings. The normalized spacial score (nSPS) is 26.5. The van der Waals surface area contributed by atoms with Crippen LogP contribution >= 0.6 is 0 Å². The molecule has 5 rings (SSSR count). The molecule has 0 saturated carbocycles. The molecule has 1 unspecified atom stereocenters. The number of nitrogens with zero attached hydrogens (tertiary/aromatic N) is 1. The maximum absolute atomic E-state index is 12.1. The lowest BCUT2D eigenvalue weighted by Gasteiger charge is -2.51. The van der Waals surface area contributed by atoms with Crippen molar-refractivity contribution in [3.05, 3.63) is 70.8 Å². The quantitative estimate of drug-likeness (QED) is 0.927. The van der Waals surface area contributed by atoms with E-state index >= 15 is 0 Å². The van der Waals surface area contributed by atoms with Gasteiger partial charge in [0.2, 0.25) is 0 Å². The van der Waals surface area contributed by atoms with Gasteiger partial charge in [0.05, 0.1) is 0 Å². The molecule has 0 radical (unpaired) electrons. The smallest absolute Gasteiger partial charge is 0.119 e. The second-order valence-electron chi connectivity index (χ2n) is 7.75. The molecule has 0 aliphatic carbocycles. The van der Waals surface area contributed by atoms with Crippen LogP contribution in [0.4, 0.5) is 0 Å². The number of hydrogen-bond acceptors (Lipinski definition) is 2. The van der Waals surface area contributed by atoms with Gasteiger partial charge in [0.15, 0.2) is 0 Å². The monoisotopic (exact) mass is 321 g/mol. The van der Waals surface area contributed by atoms with Crippen molar-refractivity contribution in [3.63, 3.8) is 0 Å². The molecule has 2 aromatic carbocycles. The summed E-state index contributed by atoms with van der Waals surface area (Å²) in [5.74, 6) is 0.879. The Morgan fingerprint density at radius 3 is 1.88 bits per heavy atom. The van der Waals surface area contributed by atoms with Crippen LogP contribution < -0.4 is 0 Å². The predicted molar refractivity (Wildman–Crippen MR) is 98.0 cm³/mol. The minimum atomic E-state index is -0.901. The molecule has 3 aliphatic rings. The van der Waals surface area contributed by atoms with E-state index in [0.717, 1.165) is 17.7 Å². The lowest BCUT2D eigenvalue weighted by atomic mass is 9.65. The summed E-state index contributed by atoms with van der Waals surface area (Å²) in [4.78, 5) is 2.53. The summed E-state index contributed by atoms with van der Waals surface area (Å²) in [5.41, 5.74) is 3.61. The zero-order valence-electron chi connectivity index (χ0n) is 14.7. The van der Waals surface area contributed by atoms with Gasteiger partial charge in [-0.15, -0.1) is 0 Å². The van der Waals surface area contributed by atoms with Crippen LogP contribution in [0, 0.1) is 25.7 Å². The Bertz CT molecular complexity index is 685. The van der Waals surface area contributed by atoms with Crippen LogP contribution in [0.3, 0.4) is 0 Å². The lowest BCUT2D eigenvalue weighted by molar-refractivity contribution is -0.0764. The van der Waals surface area contributed by atoms with Gasteiger partial charge < -0.3 is 10.0 Å². The minimum absolute atomic E-state index is 0.267. The predicted octanol–water partition coefficient (Wildman–Crippen LogP) is 3.88. The van der Waals surface area contributed by atoms with Crippen LogP contribution in [0.25, 0.3) is 0 Å². The molecule has 2 aromatic rings. The van der Waals surface area contributed by atoms with E-state index in [-0.39, 0.29) is 5.92 Å². The highest BCUT2D eigenvalue weighted by Gasteiger charge is 2.48. The van der Waals surface area contributed by atoms with Gasteiger partial charge in [-0.05, 0) is 56.8 Å². The van der Waals surface area contributed by atoms with Crippen molar-refractivity contribution in [2.24, 2.45) is 11.8 Å². The summed E-state index contributed by atoms with van der Waals surface area (Å²) >= 11 is 0. The minimum Gasteiger partial charge on any atom is -0.380 e. The van der Waals surface area contributed by atoms with E-state index in [9.17, 15) is 5.11 Å². The zero-order valence-corrected chi connectivity index (χ0v) is 14.7. The highest BCUT2D eigenvalue weighted by Crippen LogP contribution is 2.47. The van der Waals surface area contributed by atoms with Crippen molar-refractivity contribution >= 4 is 0 Å². The van der Waals surface area contributed by atoms with Gasteiger partial charge in [0, 0.05) is 12.5 Å². The Hall–Kier alpha value is -1.64. The summed E-state index contributed by atoms with van der Waals surface area (Å²) in [6, 6.07) is 16.9. The van der Waals surface area contributed by atoms with Crippen molar-refractivity contribution in [1.29, 1.82) is 0 Å². The Balaban J connectivity index is 1.86. The topological polar surface area (TPSA) is 23.5 Å². The van der Waals surface area contributed by atoms with Crippen LogP contribution in [0.5, 0.6) is 0 Å². The fraction of sp³-hybridized carbons (Fsp3) is 0.455. The van der Waals surface area contributed by atoms with Crippen molar-refractivity contribution in [2.75, 3.05) is 19.6 Å². The third-order valence-electron chi connectivity index (χ3n) is 6.11. The molecule has 0 aromatic heterocycles. The first-order valence-electron chi connectivity index (χ1n) is 9.16. The number of aliphatic hydroxyl groups is 1. The third kappa shape index (κ3) is 2.58. The molecule has 3 aliphatic heterocycles. The molecular weight excluding hydrogens is 294 g/mol. The maximum Gasteiger partial charge on any atom is 0.119 e. The first kappa shape index (κ1) is 15.9. The van der Waals surface area contributed by atoms with Crippen LogP contribution in [0.15, 0.2) is 48.5 Å². The lowest BCUT2D eigenvalue weighted by Crippen LogP contribution is -2.55. The van der Waals surface area contributed by atoms with E-state index in [0.29, 0.717) is 5.92 Å². The number of rotatable bonds is 3. The van der Waals surface area contributed by atoms with E-state index < -0.39 is 5.60 Å². The van der Waals surface area contributed by atoms with Gasteiger partial charge in [-0.1, -0.05) is 59.7 Å². The van der Waals surface area contributed by atoms with Crippen LogP contribution in [-0.2, 0) is 5.60 Å². The van der Waals surface area contributed by atoms with Gasteiger partial charge in [0.25, 0.3) is 0 Å². The molecule has 2 nitrogen and oxygen atoms in total. The number of fused-ring (bicyclic) bond motifs is 3. The second kappa shape index (κ2) is 6.02. The third-order valence-corrected chi connectivity index (χ3v) is 6.11. The maximum atomic E-state index is 12.1. The van der Waals surface area contributed by atoms with Crippen molar-refractivity contribution in [3.8, 4) is 0 Å². The van der Waals surface area contributed by atoms with Crippen molar-refractivity contribution in [2.45, 2.75) is 32.3 Å². The second-order valence-corrected chi connectivity index (χ2v) is 7.75. The fourth-order valence-electron chi connectivity index (χ4n) is 4.80. The number of piperidine rings is 3. The highest BCUT2D eigenvalue weighted by atomic mass is 16.3. The average Bonchev–Trinajstić information content (AvgIpc) is 2.62. The first-order chi connectivity index (χ1) is 11.6. The molecule has 0 spiro atoms. The van der Waals surface area contributed by atoms with Gasteiger partial charge in [0.1, 0.15) is 5.60 Å². The zero-order chi connectivity index (χ0) is 16.7. The Kier molecular flexibility index (Phi) is 3.98. The van der Waals surface area contributed by atoms with E-state index in [4.69, 9.17) is 0 Å². The number of aryl methyl sites for hydroxylation is 2. The summed E-state index contributed by atoms with van der Waals surface area (Å²) in [6.45, 7) is 7.61. The fourth-order valence-corrected chi connectivity index (χ4v) is 4.80. The van der Waals surface area contributed by atoms with E-state index in [1.54, 1.807) is 0 Å². The van der Waals surface area contributed by atoms with E-state index in [2.05, 4.69) is 67.3 Å². The summed E-state index contributed by atoms with van der Waals surface area (Å²) < 4.78 is 0. The van der Waals surface area contributed by atoms with Crippen LogP contribution in [-0.4, -0.2) is 29.6 Å². The summed E-state index contributed by atoms with van der Waals surface area (Å²) in [5, 5.41) is 12.1. The highest BCUT2D eigenvalue weighted by molar-refractivity contribution is 5.41. The summed E-state index contributed by atoms with van der Waals surface area (Å²) in [6.07, 6.45) is 2.43. The standard InChI is InChI=1S/C22H27NO/c1-16-5-3-7-19(13-16)22(24,20-8-4-6-17(2)14-20)21-15-23-11-9-18(21)10-12-23/h3-8,13-14,18,21,24H,9-12,15H2,1-2H3. The molecule has 3 heterocycles. The Labute approximate surface area is 145 Å². The Morgan fingerprint density at radius 2 is 1.46 bits per heavy atom. The van der Waals surface area contributed by atoms with Crippen molar-refractivity contribution in [1.82, 2.24) is 4.90 Å². The first-order valence-corrected chi connectivity index (χ1v) is 9.16. The molecular formula is C22H27NO. The van der Waals surface area contributed by atoms with Gasteiger partial charge in [-0.2, -0.15) is 0 Å². The SMILES string of the molecule is Cc1cccc(C(O)(c2cccc(C)c2)C2CN3CCC2CC3)c1. The molecule has 126 valence electrons. The van der Waals surface area contributed by atoms with Crippen LogP contribution in [0.2, 0.25) is 0 Å². The molecule has 1 atom stereocenters. The molecule has 1 N–H and O–H groups in total. The summed E-state index contributed by atoms with van der Waals surface area (Å²) in [7, 11) is 0. The van der Waals surface area contributed by atoms with Crippen LogP contribution in [0.1, 0.15) is 35.1 Å². The molecule has 2 heteroatoms.